The van der Waals surface area contributed by atoms with Crippen molar-refractivity contribution < 1.29 is 8.78 Å². The third-order valence-corrected chi connectivity index (χ3v) is 3.37. The SMILES string of the molecule is FC(F)c1c(Cl)cccc1-c1ccc(Cl)cc1Cl. The Kier molecular flexibility index (Phi) is 4.10. The van der Waals surface area contributed by atoms with Crippen LogP contribution < -0.4 is 0 Å². The maximum atomic E-state index is 13.0. The summed E-state index contributed by atoms with van der Waals surface area (Å²) in [7, 11) is 0. The largest absolute Gasteiger partial charge is 0.265 e. The van der Waals surface area contributed by atoms with Gasteiger partial charge in [0.15, 0.2) is 0 Å². The number of hydrogen-bond acceptors (Lipinski definition) is 0. The fourth-order valence-corrected chi connectivity index (χ4v) is 2.47. The molecule has 0 N–H and O–H groups in total. The normalized spacial score (nSPS) is 11.0. The van der Waals surface area contributed by atoms with E-state index in [-0.39, 0.29) is 10.6 Å². The van der Waals surface area contributed by atoms with Crippen molar-refractivity contribution >= 4 is 34.8 Å². The Morgan fingerprint density at radius 1 is 0.833 bits per heavy atom. The molecular formula is C13H7Cl3F2. The topological polar surface area (TPSA) is 0 Å². The van der Waals surface area contributed by atoms with Gasteiger partial charge in [0.1, 0.15) is 0 Å². The van der Waals surface area contributed by atoms with E-state index >= 15 is 0 Å². The van der Waals surface area contributed by atoms with Gasteiger partial charge in [0, 0.05) is 21.2 Å². The zero-order valence-electron chi connectivity index (χ0n) is 8.93. The van der Waals surface area contributed by atoms with Crippen molar-refractivity contribution in [3.8, 4) is 11.1 Å². The van der Waals surface area contributed by atoms with E-state index in [1.54, 1.807) is 24.3 Å². The molecule has 5 heteroatoms. The summed E-state index contributed by atoms with van der Waals surface area (Å²) in [4.78, 5) is 0. The highest BCUT2D eigenvalue weighted by Gasteiger charge is 2.19. The van der Waals surface area contributed by atoms with E-state index in [0.29, 0.717) is 21.2 Å². The number of halogens is 5. The van der Waals surface area contributed by atoms with Crippen molar-refractivity contribution in [2.75, 3.05) is 0 Å². The standard InChI is InChI=1S/C13H7Cl3F2/c14-7-4-5-8(11(16)6-7)9-2-1-3-10(15)12(9)13(17)18/h1-6,13H. The predicted molar refractivity (Wildman–Crippen MR) is 71.9 cm³/mol. The Bertz CT molecular complexity index is 582. The smallest absolute Gasteiger partial charge is 0.205 e. The van der Waals surface area contributed by atoms with Crippen LogP contribution in [0.5, 0.6) is 0 Å². The monoisotopic (exact) mass is 306 g/mol. The van der Waals surface area contributed by atoms with Gasteiger partial charge in [0.05, 0.1) is 5.02 Å². The molecule has 0 aromatic heterocycles. The van der Waals surface area contributed by atoms with E-state index in [2.05, 4.69) is 0 Å². The Balaban J connectivity index is 2.67. The van der Waals surface area contributed by atoms with Gasteiger partial charge in [-0.3, -0.25) is 0 Å². The maximum absolute atomic E-state index is 13.0. The molecule has 0 bridgehead atoms. The molecule has 2 rings (SSSR count). The molecule has 0 aliphatic heterocycles. The molecule has 0 aliphatic rings. The summed E-state index contributed by atoms with van der Waals surface area (Å²) < 4.78 is 26.1. The zero-order chi connectivity index (χ0) is 13.3. The molecule has 2 aromatic carbocycles. The van der Waals surface area contributed by atoms with Crippen molar-refractivity contribution in [1.29, 1.82) is 0 Å². The van der Waals surface area contributed by atoms with Crippen LogP contribution in [0, 0.1) is 0 Å². The second kappa shape index (κ2) is 5.43. The van der Waals surface area contributed by atoms with E-state index in [0.717, 1.165) is 0 Å². The molecule has 0 radical (unpaired) electrons. The van der Waals surface area contributed by atoms with Crippen LogP contribution in [0.4, 0.5) is 8.78 Å². The Morgan fingerprint density at radius 2 is 1.56 bits per heavy atom. The third-order valence-electron chi connectivity index (χ3n) is 2.49. The van der Waals surface area contributed by atoms with Gasteiger partial charge in [-0.25, -0.2) is 8.78 Å². The number of rotatable bonds is 2. The number of hydrogen-bond donors (Lipinski definition) is 0. The summed E-state index contributed by atoms with van der Waals surface area (Å²) in [6.45, 7) is 0. The number of benzene rings is 2. The van der Waals surface area contributed by atoms with E-state index in [1.807, 2.05) is 0 Å². The lowest BCUT2D eigenvalue weighted by molar-refractivity contribution is 0.152. The summed E-state index contributed by atoms with van der Waals surface area (Å²) >= 11 is 17.6. The predicted octanol–water partition coefficient (Wildman–Crippen LogP) is 6.25. The van der Waals surface area contributed by atoms with Gasteiger partial charge in [0.2, 0.25) is 0 Å². The molecule has 0 aliphatic carbocycles. The highest BCUT2D eigenvalue weighted by atomic mass is 35.5. The summed E-state index contributed by atoms with van der Waals surface area (Å²) in [5.74, 6) is 0. The minimum atomic E-state index is -2.67. The summed E-state index contributed by atoms with van der Waals surface area (Å²) in [5, 5.41) is 0.782. The summed E-state index contributed by atoms with van der Waals surface area (Å²) in [5.41, 5.74) is 0.585. The second-order valence-corrected chi connectivity index (χ2v) is 4.88. The molecule has 0 amide bonds. The molecule has 0 unspecified atom stereocenters. The van der Waals surface area contributed by atoms with Gasteiger partial charge in [-0.1, -0.05) is 53.0 Å². The molecule has 2 aromatic rings. The fourth-order valence-electron chi connectivity index (χ4n) is 1.70. The molecule has 94 valence electrons. The van der Waals surface area contributed by atoms with Crippen LogP contribution in [0.2, 0.25) is 15.1 Å². The molecule has 0 heterocycles. The van der Waals surface area contributed by atoms with E-state index < -0.39 is 6.43 Å². The van der Waals surface area contributed by atoms with Crippen LogP contribution in [0.25, 0.3) is 11.1 Å². The lowest BCUT2D eigenvalue weighted by Gasteiger charge is -2.12. The first kappa shape index (κ1) is 13.6. The van der Waals surface area contributed by atoms with Crippen LogP contribution in [0.3, 0.4) is 0 Å². The second-order valence-electron chi connectivity index (χ2n) is 3.63. The molecule has 0 saturated carbocycles. The highest BCUT2D eigenvalue weighted by Crippen LogP contribution is 2.39. The van der Waals surface area contributed by atoms with Gasteiger partial charge in [0.25, 0.3) is 6.43 Å². The first-order valence-corrected chi connectivity index (χ1v) is 6.16. The summed E-state index contributed by atoms with van der Waals surface area (Å²) in [6, 6.07) is 9.29. The van der Waals surface area contributed by atoms with E-state index in [1.165, 1.54) is 12.1 Å². The van der Waals surface area contributed by atoms with Gasteiger partial charge in [-0.15, -0.1) is 0 Å². The lowest BCUT2D eigenvalue weighted by Crippen LogP contribution is -1.92. The Hall–Kier alpha value is -0.830. The molecule has 0 atom stereocenters. The molecule has 0 spiro atoms. The highest BCUT2D eigenvalue weighted by molar-refractivity contribution is 6.36. The van der Waals surface area contributed by atoms with Crippen LogP contribution in [0.15, 0.2) is 36.4 Å². The van der Waals surface area contributed by atoms with Crippen LogP contribution >= 0.6 is 34.8 Å². The Labute approximate surface area is 118 Å². The fraction of sp³-hybridized carbons (Fsp3) is 0.0769. The number of alkyl halides is 2. The molecule has 0 saturated heterocycles. The van der Waals surface area contributed by atoms with Crippen LogP contribution in [-0.4, -0.2) is 0 Å². The summed E-state index contributed by atoms with van der Waals surface area (Å²) in [6.07, 6.45) is -2.67. The molecular weight excluding hydrogens is 300 g/mol. The van der Waals surface area contributed by atoms with E-state index in [4.69, 9.17) is 34.8 Å². The maximum Gasteiger partial charge on any atom is 0.265 e. The van der Waals surface area contributed by atoms with Crippen molar-refractivity contribution in [2.45, 2.75) is 6.43 Å². The van der Waals surface area contributed by atoms with Crippen molar-refractivity contribution in [1.82, 2.24) is 0 Å². The van der Waals surface area contributed by atoms with Crippen LogP contribution in [0.1, 0.15) is 12.0 Å². The first-order valence-electron chi connectivity index (χ1n) is 5.02. The lowest BCUT2D eigenvalue weighted by atomic mass is 10.00. The molecule has 0 fully saturated rings. The van der Waals surface area contributed by atoms with Gasteiger partial charge < -0.3 is 0 Å². The van der Waals surface area contributed by atoms with E-state index in [9.17, 15) is 8.78 Å². The average molecular weight is 308 g/mol. The molecule has 0 nitrogen and oxygen atoms in total. The van der Waals surface area contributed by atoms with Gasteiger partial charge >= 0.3 is 0 Å². The first-order chi connectivity index (χ1) is 8.50. The average Bonchev–Trinajstić information content (AvgIpc) is 2.28. The van der Waals surface area contributed by atoms with Crippen molar-refractivity contribution in [2.24, 2.45) is 0 Å². The van der Waals surface area contributed by atoms with Gasteiger partial charge in [-0.2, -0.15) is 0 Å². The van der Waals surface area contributed by atoms with Crippen LogP contribution in [-0.2, 0) is 0 Å². The Morgan fingerprint density at radius 3 is 2.17 bits per heavy atom. The van der Waals surface area contributed by atoms with Gasteiger partial charge in [-0.05, 0) is 23.8 Å². The van der Waals surface area contributed by atoms with Crippen molar-refractivity contribution in [3.05, 3.63) is 57.0 Å². The minimum Gasteiger partial charge on any atom is -0.205 e. The third kappa shape index (κ3) is 2.61. The quantitative estimate of drug-likeness (QED) is 0.615. The van der Waals surface area contributed by atoms with Crippen molar-refractivity contribution in [3.63, 3.8) is 0 Å². The minimum absolute atomic E-state index is 0.0218. The molecule has 18 heavy (non-hydrogen) atoms. The zero-order valence-corrected chi connectivity index (χ0v) is 11.2.